The van der Waals surface area contributed by atoms with Crippen LogP contribution in [-0.4, -0.2) is 41.9 Å². The van der Waals surface area contributed by atoms with Crippen molar-refractivity contribution in [2.45, 2.75) is 37.8 Å². The summed E-state index contributed by atoms with van der Waals surface area (Å²) in [4.78, 5) is 2.42. The van der Waals surface area contributed by atoms with Crippen molar-refractivity contribution in [1.29, 1.82) is 0 Å². The van der Waals surface area contributed by atoms with Crippen LogP contribution < -0.4 is 0 Å². The smallest absolute Gasteiger partial charge is 0.185 e. The van der Waals surface area contributed by atoms with Gasteiger partial charge < -0.3 is 9.47 Å². The molecule has 3 atom stereocenters. The topological polar surface area (TPSA) is 21.7 Å². The fourth-order valence-corrected chi connectivity index (χ4v) is 3.18. The van der Waals surface area contributed by atoms with E-state index >= 15 is 0 Å². The predicted molar refractivity (Wildman–Crippen MR) is 75.2 cm³/mol. The van der Waals surface area contributed by atoms with Crippen LogP contribution in [0.5, 0.6) is 0 Å². The van der Waals surface area contributed by atoms with E-state index < -0.39 is 5.79 Å². The zero-order valence-corrected chi connectivity index (χ0v) is 12.0. The molecule has 2 heterocycles. The highest BCUT2D eigenvalue weighted by molar-refractivity contribution is 6.18. The van der Waals surface area contributed by atoms with E-state index in [1.807, 2.05) is 6.07 Å². The van der Waals surface area contributed by atoms with Crippen LogP contribution in [0.15, 0.2) is 30.3 Å². The molecule has 4 heteroatoms. The van der Waals surface area contributed by atoms with Crippen LogP contribution >= 0.6 is 11.6 Å². The van der Waals surface area contributed by atoms with Crippen molar-refractivity contribution >= 4 is 11.6 Å². The zero-order valence-electron chi connectivity index (χ0n) is 11.2. The summed E-state index contributed by atoms with van der Waals surface area (Å²) in [6.07, 6.45) is 0.967. The van der Waals surface area contributed by atoms with Gasteiger partial charge in [0.05, 0.1) is 24.6 Å². The minimum Gasteiger partial charge on any atom is -0.346 e. The molecule has 0 aromatic heterocycles. The van der Waals surface area contributed by atoms with Crippen LogP contribution in [-0.2, 0) is 16.0 Å². The van der Waals surface area contributed by atoms with Crippen molar-refractivity contribution < 1.29 is 9.47 Å². The molecule has 2 aliphatic rings. The van der Waals surface area contributed by atoms with E-state index in [4.69, 9.17) is 21.1 Å². The molecular weight excluding hydrogens is 262 g/mol. The lowest BCUT2D eigenvalue weighted by molar-refractivity contribution is -0.178. The quantitative estimate of drug-likeness (QED) is 0.795. The van der Waals surface area contributed by atoms with E-state index in [2.05, 4.69) is 36.1 Å². The molecule has 2 fully saturated rings. The van der Waals surface area contributed by atoms with E-state index in [9.17, 15) is 0 Å². The number of hydrogen-bond acceptors (Lipinski definition) is 3. The van der Waals surface area contributed by atoms with Crippen LogP contribution in [0.4, 0.5) is 0 Å². The molecule has 3 unspecified atom stereocenters. The Hall–Kier alpha value is -0.610. The molecule has 1 aromatic carbocycles. The molecule has 19 heavy (non-hydrogen) atoms. The predicted octanol–water partition coefficient (Wildman–Crippen LogP) is 2.63. The highest BCUT2D eigenvalue weighted by atomic mass is 35.5. The lowest BCUT2D eigenvalue weighted by Crippen LogP contribution is -2.43. The SMILES string of the molecule is CC1N(Cc2ccccc2)CCC12OCC(CCl)O2. The van der Waals surface area contributed by atoms with Crippen molar-refractivity contribution in [3.63, 3.8) is 0 Å². The van der Waals surface area contributed by atoms with Crippen LogP contribution in [0.2, 0.25) is 0 Å². The maximum atomic E-state index is 6.04. The Labute approximate surface area is 119 Å². The molecule has 3 rings (SSSR count). The first-order valence-electron chi connectivity index (χ1n) is 6.89. The van der Waals surface area contributed by atoms with Gasteiger partial charge in [-0.1, -0.05) is 30.3 Å². The Bertz CT molecular complexity index is 427. The van der Waals surface area contributed by atoms with Gasteiger partial charge in [0.15, 0.2) is 5.79 Å². The molecule has 1 aromatic rings. The summed E-state index contributed by atoms with van der Waals surface area (Å²) in [6, 6.07) is 10.8. The molecule has 1 spiro atoms. The third-order valence-electron chi connectivity index (χ3n) is 4.21. The first-order chi connectivity index (χ1) is 9.23. The number of alkyl halides is 1. The molecule has 0 amide bonds. The third-order valence-corrected chi connectivity index (χ3v) is 4.56. The highest BCUT2D eigenvalue weighted by Crippen LogP contribution is 2.39. The summed E-state index contributed by atoms with van der Waals surface area (Å²) in [5.41, 5.74) is 1.33. The summed E-state index contributed by atoms with van der Waals surface area (Å²) in [5.74, 6) is 0.0709. The second kappa shape index (κ2) is 5.41. The lowest BCUT2D eigenvalue weighted by atomic mass is 10.1. The van der Waals surface area contributed by atoms with E-state index in [0.717, 1.165) is 19.5 Å². The molecule has 0 saturated carbocycles. The molecular formula is C15H20ClNO2. The molecule has 2 aliphatic heterocycles. The number of benzene rings is 1. The molecule has 2 saturated heterocycles. The van der Waals surface area contributed by atoms with Gasteiger partial charge in [-0.05, 0) is 12.5 Å². The monoisotopic (exact) mass is 281 g/mol. The van der Waals surface area contributed by atoms with Gasteiger partial charge in [0.1, 0.15) is 0 Å². The van der Waals surface area contributed by atoms with Gasteiger partial charge in [-0.3, -0.25) is 4.90 Å². The first-order valence-corrected chi connectivity index (χ1v) is 7.43. The minimum absolute atomic E-state index is 0.0424. The van der Waals surface area contributed by atoms with Crippen molar-refractivity contribution in [3.8, 4) is 0 Å². The van der Waals surface area contributed by atoms with E-state index in [1.165, 1.54) is 5.56 Å². The second-order valence-electron chi connectivity index (χ2n) is 5.40. The molecule has 0 radical (unpaired) electrons. The molecule has 0 N–H and O–H groups in total. The summed E-state index contributed by atoms with van der Waals surface area (Å²) < 4.78 is 12.0. The summed E-state index contributed by atoms with van der Waals surface area (Å²) in [5, 5.41) is 0. The maximum absolute atomic E-state index is 6.04. The number of ether oxygens (including phenoxy) is 2. The number of rotatable bonds is 3. The van der Waals surface area contributed by atoms with Gasteiger partial charge >= 0.3 is 0 Å². The van der Waals surface area contributed by atoms with Gasteiger partial charge in [-0.15, -0.1) is 11.6 Å². The molecule has 3 nitrogen and oxygen atoms in total. The largest absolute Gasteiger partial charge is 0.346 e. The van der Waals surface area contributed by atoms with Crippen LogP contribution in [0, 0.1) is 0 Å². The minimum atomic E-state index is -0.436. The van der Waals surface area contributed by atoms with E-state index in [0.29, 0.717) is 12.5 Å². The molecule has 0 bridgehead atoms. The number of nitrogens with zero attached hydrogens (tertiary/aromatic N) is 1. The van der Waals surface area contributed by atoms with Crippen LogP contribution in [0.1, 0.15) is 18.9 Å². The molecule has 104 valence electrons. The average molecular weight is 282 g/mol. The third kappa shape index (κ3) is 2.52. The summed E-state index contributed by atoms with van der Waals surface area (Å²) >= 11 is 5.86. The van der Waals surface area contributed by atoms with E-state index in [1.54, 1.807) is 0 Å². The highest BCUT2D eigenvalue weighted by Gasteiger charge is 2.51. The number of likely N-dealkylation sites (tertiary alicyclic amines) is 1. The van der Waals surface area contributed by atoms with Gasteiger partial charge in [0.25, 0.3) is 0 Å². The Balaban J connectivity index is 1.67. The normalized spacial score (nSPS) is 35.3. The fraction of sp³-hybridized carbons (Fsp3) is 0.600. The van der Waals surface area contributed by atoms with Crippen molar-refractivity contribution in [2.75, 3.05) is 19.0 Å². The molecule has 0 aliphatic carbocycles. The number of hydrogen-bond donors (Lipinski definition) is 0. The van der Waals surface area contributed by atoms with Gasteiger partial charge in [-0.25, -0.2) is 0 Å². The standard InChI is InChI=1S/C15H20ClNO2/c1-12-15(18-11-14(9-16)19-15)7-8-17(12)10-13-5-3-2-4-6-13/h2-6,12,14H,7-11H2,1H3. The summed E-state index contributed by atoms with van der Waals surface area (Å²) in [6.45, 7) is 4.76. The van der Waals surface area contributed by atoms with Crippen molar-refractivity contribution in [1.82, 2.24) is 4.90 Å². The Morgan fingerprint density at radius 3 is 2.84 bits per heavy atom. The zero-order chi connectivity index (χ0) is 13.3. The Morgan fingerprint density at radius 1 is 1.37 bits per heavy atom. The average Bonchev–Trinajstić information content (AvgIpc) is 3.00. The van der Waals surface area contributed by atoms with Gasteiger partial charge in [0, 0.05) is 19.5 Å². The Kier molecular flexibility index (Phi) is 3.81. The fourth-order valence-electron chi connectivity index (χ4n) is 3.02. The van der Waals surface area contributed by atoms with Crippen LogP contribution in [0.25, 0.3) is 0 Å². The Morgan fingerprint density at radius 2 is 2.16 bits per heavy atom. The first kappa shape index (κ1) is 13.4. The van der Waals surface area contributed by atoms with Gasteiger partial charge in [-0.2, -0.15) is 0 Å². The second-order valence-corrected chi connectivity index (χ2v) is 5.71. The lowest BCUT2D eigenvalue weighted by Gasteiger charge is -2.31. The van der Waals surface area contributed by atoms with E-state index in [-0.39, 0.29) is 12.1 Å². The summed E-state index contributed by atoms with van der Waals surface area (Å²) in [7, 11) is 0. The van der Waals surface area contributed by atoms with Crippen molar-refractivity contribution in [2.24, 2.45) is 0 Å². The van der Waals surface area contributed by atoms with Gasteiger partial charge in [0.2, 0.25) is 0 Å². The van der Waals surface area contributed by atoms with Crippen molar-refractivity contribution in [3.05, 3.63) is 35.9 Å². The number of halogens is 1. The van der Waals surface area contributed by atoms with Crippen LogP contribution in [0.3, 0.4) is 0 Å². The maximum Gasteiger partial charge on any atom is 0.185 e.